The third-order valence-corrected chi connectivity index (χ3v) is 3.59. The Bertz CT molecular complexity index is 549. The predicted molar refractivity (Wildman–Crippen MR) is 77.7 cm³/mol. The Kier molecular flexibility index (Phi) is 3.67. The molecule has 0 spiro atoms. The Morgan fingerprint density at radius 2 is 2.12 bits per heavy atom. The number of aromatic nitrogens is 1. The number of rotatable bonds is 3. The third kappa shape index (κ3) is 2.29. The van der Waals surface area contributed by atoms with Crippen molar-refractivity contribution in [2.24, 2.45) is 0 Å². The molecule has 0 aliphatic heterocycles. The number of aryl methyl sites for hydroxylation is 2. The minimum absolute atomic E-state index is 1.02. The van der Waals surface area contributed by atoms with Crippen LogP contribution >= 0.6 is 15.9 Å². The molecule has 0 amide bonds. The summed E-state index contributed by atoms with van der Waals surface area (Å²) in [6, 6.07) is 6.35. The largest absolute Gasteiger partial charge is 0.388 e. The van der Waals surface area contributed by atoms with E-state index in [2.05, 4.69) is 53.3 Å². The molecule has 3 heteroatoms. The van der Waals surface area contributed by atoms with E-state index < -0.39 is 0 Å². The lowest BCUT2D eigenvalue weighted by Gasteiger charge is -2.12. The summed E-state index contributed by atoms with van der Waals surface area (Å²) in [5, 5.41) is 4.49. The van der Waals surface area contributed by atoms with Crippen molar-refractivity contribution in [2.75, 3.05) is 12.4 Å². The third-order valence-electron chi connectivity index (χ3n) is 2.95. The predicted octanol–water partition coefficient (Wildman–Crippen LogP) is 4.30. The molecule has 0 saturated carbocycles. The highest BCUT2D eigenvalue weighted by molar-refractivity contribution is 9.10. The molecule has 1 aromatic carbocycles. The molecule has 1 aromatic heterocycles. The van der Waals surface area contributed by atoms with E-state index in [-0.39, 0.29) is 0 Å². The molecular weight excluding hydrogens is 276 g/mol. The summed E-state index contributed by atoms with van der Waals surface area (Å²) in [6.07, 6.45) is 2.14. The van der Waals surface area contributed by atoms with Crippen LogP contribution in [0.3, 0.4) is 0 Å². The molecule has 2 rings (SSSR count). The second-order valence-electron chi connectivity index (χ2n) is 4.25. The van der Waals surface area contributed by atoms with E-state index in [0.29, 0.717) is 0 Å². The SMILES string of the molecule is CCCc1cc(NC)c2c(C)ccc(Br)c2n1. The number of halogens is 1. The molecule has 0 fully saturated rings. The standard InChI is InChI=1S/C14H17BrN2/c1-4-5-10-8-12(16-3)13-9(2)6-7-11(15)14(13)17-10/h6-8H,4-5H2,1-3H3,(H,16,17). The topological polar surface area (TPSA) is 24.9 Å². The molecule has 0 atom stereocenters. The molecule has 0 unspecified atom stereocenters. The maximum absolute atomic E-state index is 4.75. The Hall–Kier alpha value is -1.09. The first-order valence-corrected chi connectivity index (χ1v) is 6.73. The molecule has 17 heavy (non-hydrogen) atoms. The number of nitrogens with zero attached hydrogens (tertiary/aromatic N) is 1. The fourth-order valence-corrected chi connectivity index (χ4v) is 2.53. The van der Waals surface area contributed by atoms with Crippen LogP contribution in [0.25, 0.3) is 10.9 Å². The van der Waals surface area contributed by atoms with E-state index >= 15 is 0 Å². The molecule has 0 bridgehead atoms. The van der Waals surface area contributed by atoms with Crippen LogP contribution in [0.4, 0.5) is 5.69 Å². The van der Waals surface area contributed by atoms with Crippen LogP contribution in [-0.4, -0.2) is 12.0 Å². The number of pyridine rings is 1. The summed E-state index contributed by atoms with van der Waals surface area (Å²) in [6.45, 7) is 4.30. The van der Waals surface area contributed by atoms with Crippen molar-refractivity contribution in [1.29, 1.82) is 0 Å². The lowest BCUT2D eigenvalue weighted by atomic mass is 10.1. The molecule has 0 aliphatic rings. The Morgan fingerprint density at radius 1 is 1.35 bits per heavy atom. The second-order valence-corrected chi connectivity index (χ2v) is 5.10. The van der Waals surface area contributed by atoms with Crippen molar-refractivity contribution in [1.82, 2.24) is 4.98 Å². The van der Waals surface area contributed by atoms with Crippen LogP contribution < -0.4 is 5.32 Å². The zero-order valence-electron chi connectivity index (χ0n) is 10.5. The van der Waals surface area contributed by atoms with Gasteiger partial charge in [-0.15, -0.1) is 0 Å². The summed E-state index contributed by atoms with van der Waals surface area (Å²) in [4.78, 5) is 4.75. The highest BCUT2D eigenvalue weighted by Crippen LogP contribution is 2.31. The van der Waals surface area contributed by atoms with Gasteiger partial charge in [0.25, 0.3) is 0 Å². The fourth-order valence-electron chi connectivity index (χ4n) is 2.11. The smallest absolute Gasteiger partial charge is 0.0870 e. The molecule has 0 radical (unpaired) electrons. The highest BCUT2D eigenvalue weighted by Gasteiger charge is 2.09. The first-order valence-electron chi connectivity index (χ1n) is 5.93. The first-order chi connectivity index (χ1) is 8.17. The molecule has 0 saturated heterocycles. The average Bonchev–Trinajstić information content (AvgIpc) is 2.33. The summed E-state index contributed by atoms with van der Waals surface area (Å²) < 4.78 is 1.06. The van der Waals surface area contributed by atoms with Crippen LogP contribution in [0.2, 0.25) is 0 Å². The first kappa shape index (κ1) is 12.4. The number of hydrogen-bond acceptors (Lipinski definition) is 2. The van der Waals surface area contributed by atoms with Gasteiger partial charge in [-0.1, -0.05) is 19.4 Å². The van der Waals surface area contributed by atoms with E-state index in [1.54, 1.807) is 0 Å². The van der Waals surface area contributed by atoms with Crippen LogP contribution in [0.5, 0.6) is 0 Å². The molecule has 2 aromatic rings. The van der Waals surface area contributed by atoms with E-state index in [1.807, 2.05) is 7.05 Å². The van der Waals surface area contributed by atoms with E-state index in [0.717, 1.165) is 34.2 Å². The quantitative estimate of drug-likeness (QED) is 0.912. The monoisotopic (exact) mass is 292 g/mol. The maximum atomic E-state index is 4.75. The van der Waals surface area contributed by atoms with Gasteiger partial charge in [0, 0.05) is 28.3 Å². The normalized spacial score (nSPS) is 10.8. The van der Waals surface area contributed by atoms with Crippen molar-refractivity contribution in [2.45, 2.75) is 26.7 Å². The molecule has 0 aliphatic carbocycles. The van der Waals surface area contributed by atoms with Crippen molar-refractivity contribution in [3.05, 3.63) is 33.9 Å². The van der Waals surface area contributed by atoms with Gasteiger partial charge in [-0.3, -0.25) is 4.98 Å². The minimum atomic E-state index is 1.02. The highest BCUT2D eigenvalue weighted by atomic mass is 79.9. The van der Waals surface area contributed by atoms with Crippen molar-refractivity contribution >= 4 is 32.5 Å². The van der Waals surface area contributed by atoms with Gasteiger partial charge in [0.15, 0.2) is 0 Å². The summed E-state index contributed by atoms with van der Waals surface area (Å²) in [5.41, 5.74) is 4.62. The molecule has 1 heterocycles. The Balaban J connectivity index is 2.77. The number of anilines is 1. The summed E-state index contributed by atoms with van der Waals surface area (Å²) >= 11 is 3.59. The van der Waals surface area contributed by atoms with Crippen LogP contribution in [0.1, 0.15) is 24.6 Å². The second kappa shape index (κ2) is 5.05. The van der Waals surface area contributed by atoms with Gasteiger partial charge in [0.2, 0.25) is 0 Å². The van der Waals surface area contributed by atoms with Gasteiger partial charge < -0.3 is 5.32 Å². The summed E-state index contributed by atoms with van der Waals surface area (Å²) in [7, 11) is 1.96. The molecule has 2 nitrogen and oxygen atoms in total. The van der Waals surface area contributed by atoms with Gasteiger partial charge >= 0.3 is 0 Å². The molecule has 1 N–H and O–H groups in total. The average molecular weight is 293 g/mol. The van der Waals surface area contributed by atoms with Gasteiger partial charge in [-0.05, 0) is 47.0 Å². The van der Waals surface area contributed by atoms with Crippen molar-refractivity contribution in [3.63, 3.8) is 0 Å². The maximum Gasteiger partial charge on any atom is 0.0870 e. The van der Waals surface area contributed by atoms with Crippen LogP contribution in [0.15, 0.2) is 22.7 Å². The number of hydrogen-bond donors (Lipinski definition) is 1. The van der Waals surface area contributed by atoms with Gasteiger partial charge in [0.05, 0.1) is 5.52 Å². The fraction of sp³-hybridized carbons (Fsp3) is 0.357. The van der Waals surface area contributed by atoms with Gasteiger partial charge in [-0.25, -0.2) is 0 Å². The number of nitrogens with one attached hydrogen (secondary N) is 1. The van der Waals surface area contributed by atoms with Crippen molar-refractivity contribution < 1.29 is 0 Å². The molecular formula is C14H17BrN2. The Morgan fingerprint density at radius 3 is 2.76 bits per heavy atom. The summed E-state index contributed by atoms with van der Waals surface area (Å²) in [5.74, 6) is 0. The number of fused-ring (bicyclic) bond motifs is 1. The van der Waals surface area contributed by atoms with Crippen molar-refractivity contribution in [3.8, 4) is 0 Å². The number of benzene rings is 1. The lowest BCUT2D eigenvalue weighted by Crippen LogP contribution is -1.98. The Labute approximate surface area is 111 Å². The van der Waals surface area contributed by atoms with Gasteiger partial charge in [-0.2, -0.15) is 0 Å². The van der Waals surface area contributed by atoms with Crippen LogP contribution in [-0.2, 0) is 6.42 Å². The molecule has 90 valence electrons. The van der Waals surface area contributed by atoms with Crippen LogP contribution in [0, 0.1) is 6.92 Å². The zero-order chi connectivity index (χ0) is 12.4. The van der Waals surface area contributed by atoms with E-state index in [1.165, 1.54) is 10.9 Å². The van der Waals surface area contributed by atoms with E-state index in [9.17, 15) is 0 Å². The lowest BCUT2D eigenvalue weighted by molar-refractivity contribution is 0.890. The minimum Gasteiger partial charge on any atom is -0.388 e. The van der Waals surface area contributed by atoms with Gasteiger partial charge in [0.1, 0.15) is 0 Å². The zero-order valence-corrected chi connectivity index (χ0v) is 12.1. The van der Waals surface area contributed by atoms with E-state index in [4.69, 9.17) is 4.98 Å².